The number of halogens is 3. The van der Waals surface area contributed by atoms with Gasteiger partial charge in [-0.2, -0.15) is 0 Å². The van der Waals surface area contributed by atoms with Crippen LogP contribution >= 0.6 is 23.2 Å². The van der Waals surface area contributed by atoms with Crippen LogP contribution in [-0.2, 0) is 6.42 Å². The van der Waals surface area contributed by atoms with Crippen molar-refractivity contribution in [2.24, 2.45) is 0 Å². The van der Waals surface area contributed by atoms with Crippen LogP contribution in [0.15, 0.2) is 60.7 Å². The molecule has 28 heavy (non-hydrogen) atoms. The SMILES string of the molecule is O=C(Nc1cc(Cl)ccc1OCCc1cccc(F)c1)c1cc(Cl)ccc1O. The van der Waals surface area contributed by atoms with E-state index in [2.05, 4.69) is 5.32 Å². The van der Waals surface area contributed by atoms with Gasteiger partial charge < -0.3 is 15.2 Å². The average Bonchev–Trinajstić information content (AvgIpc) is 2.65. The Bertz CT molecular complexity index is 1010. The summed E-state index contributed by atoms with van der Waals surface area (Å²) in [6.45, 7) is 0.274. The van der Waals surface area contributed by atoms with Gasteiger partial charge in [-0.1, -0.05) is 35.3 Å². The molecule has 0 unspecified atom stereocenters. The Kier molecular flexibility index (Phi) is 6.39. The first-order valence-electron chi connectivity index (χ1n) is 8.39. The zero-order valence-electron chi connectivity index (χ0n) is 14.6. The lowest BCUT2D eigenvalue weighted by atomic mass is 10.1. The van der Waals surface area contributed by atoms with Gasteiger partial charge in [0, 0.05) is 16.5 Å². The number of amides is 1. The number of nitrogens with one attached hydrogen (secondary N) is 1. The molecule has 0 aliphatic rings. The van der Waals surface area contributed by atoms with Crippen molar-refractivity contribution in [3.05, 3.63) is 87.7 Å². The topological polar surface area (TPSA) is 58.6 Å². The fourth-order valence-electron chi connectivity index (χ4n) is 2.58. The van der Waals surface area contributed by atoms with E-state index in [4.69, 9.17) is 27.9 Å². The van der Waals surface area contributed by atoms with Crippen LogP contribution in [-0.4, -0.2) is 17.6 Å². The lowest BCUT2D eigenvalue weighted by Crippen LogP contribution is -2.13. The lowest BCUT2D eigenvalue weighted by molar-refractivity contribution is 0.102. The van der Waals surface area contributed by atoms with Gasteiger partial charge in [-0.25, -0.2) is 4.39 Å². The van der Waals surface area contributed by atoms with E-state index >= 15 is 0 Å². The third-order valence-corrected chi connectivity index (χ3v) is 4.40. The van der Waals surface area contributed by atoms with Crippen molar-refractivity contribution in [3.8, 4) is 11.5 Å². The Labute approximate surface area is 171 Å². The van der Waals surface area contributed by atoms with Gasteiger partial charge in [0.2, 0.25) is 0 Å². The number of carbonyl (C=O) groups excluding carboxylic acids is 1. The number of phenolic OH excluding ortho intramolecular Hbond substituents is 1. The molecule has 0 saturated carbocycles. The van der Waals surface area contributed by atoms with Crippen LogP contribution in [0.2, 0.25) is 10.0 Å². The molecule has 0 spiro atoms. The molecule has 3 aromatic rings. The Balaban J connectivity index is 1.73. The second-order valence-electron chi connectivity index (χ2n) is 5.98. The largest absolute Gasteiger partial charge is 0.507 e. The number of hydrogen-bond donors (Lipinski definition) is 2. The zero-order chi connectivity index (χ0) is 20.1. The van der Waals surface area contributed by atoms with Crippen molar-refractivity contribution in [2.45, 2.75) is 6.42 Å². The molecule has 0 radical (unpaired) electrons. The maximum absolute atomic E-state index is 13.3. The van der Waals surface area contributed by atoms with Gasteiger partial charge in [0.05, 0.1) is 17.9 Å². The summed E-state index contributed by atoms with van der Waals surface area (Å²) in [6, 6.07) is 15.2. The highest BCUT2D eigenvalue weighted by atomic mass is 35.5. The van der Waals surface area contributed by atoms with Gasteiger partial charge in [0.25, 0.3) is 5.91 Å². The summed E-state index contributed by atoms with van der Waals surface area (Å²) in [4.78, 5) is 12.5. The number of aromatic hydroxyl groups is 1. The monoisotopic (exact) mass is 419 g/mol. The number of ether oxygens (including phenoxy) is 1. The van der Waals surface area contributed by atoms with Gasteiger partial charge in [-0.3, -0.25) is 4.79 Å². The average molecular weight is 420 g/mol. The number of phenols is 1. The van der Waals surface area contributed by atoms with Crippen molar-refractivity contribution < 1.29 is 19.0 Å². The van der Waals surface area contributed by atoms with Crippen LogP contribution in [0.4, 0.5) is 10.1 Å². The molecule has 1 amide bonds. The summed E-state index contributed by atoms with van der Waals surface area (Å²) < 4.78 is 19.0. The van der Waals surface area contributed by atoms with Crippen LogP contribution in [0.3, 0.4) is 0 Å². The molecule has 3 rings (SSSR count). The van der Waals surface area contributed by atoms with Gasteiger partial charge in [0.1, 0.15) is 17.3 Å². The normalized spacial score (nSPS) is 10.5. The molecule has 0 aliphatic carbocycles. The van der Waals surface area contributed by atoms with E-state index in [0.29, 0.717) is 27.9 Å². The van der Waals surface area contributed by atoms with Gasteiger partial charge in [0.15, 0.2) is 0 Å². The fraction of sp³-hybridized carbons (Fsp3) is 0.0952. The summed E-state index contributed by atoms with van der Waals surface area (Å²) in [7, 11) is 0. The number of benzene rings is 3. The number of hydrogen-bond acceptors (Lipinski definition) is 3. The molecular formula is C21H16Cl2FNO3. The Hall–Kier alpha value is -2.76. The maximum Gasteiger partial charge on any atom is 0.259 e. The van der Waals surface area contributed by atoms with Crippen LogP contribution in [0.5, 0.6) is 11.5 Å². The van der Waals surface area contributed by atoms with Gasteiger partial charge in [-0.05, 0) is 54.1 Å². The molecule has 4 nitrogen and oxygen atoms in total. The quantitative estimate of drug-likeness (QED) is 0.537. The third kappa shape index (κ3) is 5.15. The van der Waals surface area contributed by atoms with E-state index in [1.54, 1.807) is 30.3 Å². The van der Waals surface area contributed by atoms with Crippen molar-refractivity contribution in [1.82, 2.24) is 0 Å². The molecule has 0 aromatic heterocycles. The highest BCUT2D eigenvalue weighted by molar-refractivity contribution is 6.31. The van der Waals surface area contributed by atoms with Crippen molar-refractivity contribution in [1.29, 1.82) is 0 Å². The van der Waals surface area contributed by atoms with E-state index in [1.165, 1.54) is 30.3 Å². The summed E-state index contributed by atoms with van der Waals surface area (Å²) >= 11 is 11.9. The van der Waals surface area contributed by atoms with Crippen LogP contribution < -0.4 is 10.1 Å². The fourth-order valence-corrected chi connectivity index (χ4v) is 2.92. The predicted molar refractivity (Wildman–Crippen MR) is 108 cm³/mol. The smallest absolute Gasteiger partial charge is 0.259 e. The minimum absolute atomic E-state index is 0.0261. The molecule has 144 valence electrons. The second kappa shape index (κ2) is 8.95. The minimum Gasteiger partial charge on any atom is -0.507 e. The van der Waals surface area contributed by atoms with Crippen molar-refractivity contribution >= 4 is 34.8 Å². The van der Waals surface area contributed by atoms with E-state index in [0.717, 1.165) is 5.56 Å². The number of anilines is 1. The molecule has 7 heteroatoms. The summed E-state index contributed by atoms with van der Waals surface area (Å²) in [5.74, 6) is -0.663. The minimum atomic E-state index is -0.558. The van der Waals surface area contributed by atoms with Gasteiger partial charge in [-0.15, -0.1) is 0 Å². The van der Waals surface area contributed by atoms with Crippen LogP contribution in [0, 0.1) is 5.82 Å². The van der Waals surface area contributed by atoms with E-state index in [1.807, 2.05) is 0 Å². The van der Waals surface area contributed by atoms with E-state index < -0.39 is 5.91 Å². The van der Waals surface area contributed by atoms with Crippen molar-refractivity contribution in [2.75, 3.05) is 11.9 Å². The molecule has 0 saturated heterocycles. The molecule has 0 heterocycles. The first-order valence-corrected chi connectivity index (χ1v) is 9.14. The molecule has 2 N–H and O–H groups in total. The number of rotatable bonds is 6. The Morgan fingerprint density at radius 3 is 2.57 bits per heavy atom. The van der Waals surface area contributed by atoms with E-state index in [-0.39, 0.29) is 23.7 Å². The first kappa shape index (κ1) is 20.0. The van der Waals surface area contributed by atoms with Crippen LogP contribution in [0.1, 0.15) is 15.9 Å². The molecule has 0 bridgehead atoms. The Morgan fingerprint density at radius 2 is 1.79 bits per heavy atom. The first-order chi connectivity index (χ1) is 13.4. The van der Waals surface area contributed by atoms with Crippen molar-refractivity contribution in [3.63, 3.8) is 0 Å². The maximum atomic E-state index is 13.3. The predicted octanol–water partition coefficient (Wildman–Crippen LogP) is 5.71. The number of carbonyl (C=O) groups is 1. The molecule has 0 fully saturated rings. The molecule has 0 aliphatic heterocycles. The highest BCUT2D eigenvalue weighted by Crippen LogP contribution is 2.30. The second-order valence-corrected chi connectivity index (χ2v) is 6.86. The van der Waals surface area contributed by atoms with Gasteiger partial charge >= 0.3 is 0 Å². The summed E-state index contributed by atoms with van der Waals surface area (Å²) in [5, 5.41) is 13.3. The standard InChI is InChI=1S/C21H16Cl2FNO3/c22-14-4-6-19(26)17(11-14)21(27)25-18-12-15(23)5-7-20(18)28-9-8-13-2-1-3-16(24)10-13/h1-7,10-12,26H,8-9H2,(H,25,27). The summed E-state index contributed by atoms with van der Waals surface area (Å²) in [5.41, 5.74) is 1.16. The summed E-state index contributed by atoms with van der Waals surface area (Å²) in [6.07, 6.45) is 0.489. The zero-order valence-corrected chi connectivity index (χ0v) is 16.1. The lowest BCUT2D eigenvalue weighted by Gasteiger charge is -2.14. The van der Waals surface area contributed by atoms with Crippen LogP contribution in [0.25, 0.3) is 0 Å². The Morgan fingerprint density at radius 1 is 1.04 bits per heavy atom. The molecule has 0 atom stereocenters. The third-order valence-electron chi connectivity index (χ3n) is 3.93. The molecule has 3 aromatic carbocycles. The molecular weight excluding hydrogens is 404 g/mol. The highest BCUT2D eigenvalue weighted by Gasteiger charge is 2.15. The van der Waals surface area contributed by atoms with E-state index in [9.17, 15) is 14.3 Å².